The molecule has 2 aliphatic rings. The Bertz CT molecular complexity index is 827. The van der Waals surface area contributed by atoms with Gasteiger partial charge in [-0.05, 0) is 43.7 Å². The van der Waals surface area contributed by atoms with Gasteiger partial charge < -0.3 is 9.64 Å². The van der Waals surface area contributed by atoms with Gasteiger partial charge in [0, 0.05) is 19.0 Å². The molecule has 2 aromatic rings. The fourth-order valence-corrected chi connectivity index (χ4v) is 4.93. The predicted molar refractivity (Wildman–Crippen MR) is 106 cm³/mol. The number of hydrogen-bond donors (Lipinski definition) is 0. The van der Waals surface area contributed by atoms with Crippen molar-refractivity contribution in [2.75, 3.05) is 19.7 Å². The van der Waals surface area contributed by atoms with E-state index in [0.29, 0.717) is 13.0 Å². The van der Waals surface area contributed by atoms with E-state index in [2.05, 4.69) is 18.2 Å². The molecule has 1 saturated heterocycles. The van der Waals surface area contributed by atoms with Crippen LogP contribution in [0.3, 0.4) is 0 Å². The number of nitrogens with zero attached hydrogens (tertiary/aromatic N) is 2. The Morgan fingerprint density at radius 2 is 2.15 bits per heavy atom. The van der Waals surface area contributed by atoms with Gasteiger partial charge in [0.1, 0.15) is 0 Å². The fourth-order valence-electron chi connectivity index (χ4n) is 3.84. The van der Waals surface area contributed by atoms with Crippen molar-refractivity contribution in [1.29, 1.82) is 0 Å². The third-order valence-electron chi connectivity index (χ3n) is 5.33. The average molecular weight is 385 g/mol. The van der Waals surface area contributed by atoms with Gasteiger partial charge in [0.15, 0.2) is 6.61 Å². The molecule has 0 N–H and O–H groups in total. The van der Waals surface area contributed by atoms with Crippen LogP contribution in [0.1, 0.15) is 43.0 Å². The molecule has 1 amide bonds. The van der Waals surface area contributed by atoms with Crippen molar-refractivity contribution in [2.24, 2.45) is 5.92 Å². The lowest BCUT2D eigenvalue weighted by atomic mass is 9.99. The Morgan fingerprint density at radius 1 is 1.26 bits per heavy atom. The second-order valence-electron chi connectivity index (χ2n) is 7.33. The summed E-state index contributed by atoms with van der Waals surface area (Å²) in [5.41, 5.74) is 1.02. The summed E-state index contributed by atoms with van der Waals surface area (Å²) in [6.07, 6.45) is 8.55. The molecule has 2 heterocycles. The van der Waals surface area contributed by atoms with E-state index in [-0.39, 0.29) is 30.3 Å². The van der Waals surface area contributed by atoms with Crippen LogP contribution in [0.5, 0.6) is 0 Å². The van der Waals surface area contributed by atoms with Crippen molar-refractivity contribution in [3.8, 4) is 0 Å². The number of rotatable bonds is 5. The molecule has 1 fully saturated rings. The number of aromatic nitrogens is 1. The quantitative estimate of drug-likeness (QED) is 0.579. The first-order chi connectivity index (χ1) is 13.2. The fraction of sp³-hybridized carbons (Fsp3) is 0.476. The third kappa shape index (κ3) is 4.38. The van der Waals surface area contributed by atoms with E-state index in [1.54, 1.807) is 11.3 Å². The number of carbonyl (C=O) groups is 2. The SMILES string of the molecule is O=C(C[C@@H]1C=CCC1)OCC(=O)N1CCC[C@H](c2nc3ccccc3s2)C1. The third-order valence-corrected chi connectivity index (χ3v) is 6.53. The molecule has 4 rings (SSSR count). The van der Waals surface area contributed by atoms with Crippen LogP contribution in [0.4, 0.5) is 0 Å². The predicted octanol–water partition coefficient (Wildman–Crippen LogP) is 3.90. The lowest BCUT2D eigenvalue weighted by Crippen LogP contribution is -2.41. The highest BCUT2D eigenvalue weighted by atomic mass is 32.1. The largest absolute Gasteiger partial charge is 0.456 e. The minimum atomic E-state index is -0.278. The van der Waals surface area contributed by atoms with Gasteiger partial charge in [-0.15, -0.1) is 11.3 Å². The second-order valence-corrected chi connectivity index (χ2v) is 8.39. The van der Waals surface area contributed by atoms with Gasteiger partial charge in [-0.3, -0.25) is 9.59 Å². The maximum absolute atomic E-state index is 12.5. The van der Waals surface area contributed by atoms with Crippen LogP contribution < -0.4 is 0 Å². The van der Waals surface area contributed by atoms with Crippen LogP contribution in [0.2, 0.25) is 0 Å². The highest BCUT2D eigenvalue weighted by molar-refractivity contribution is 7.18. The molecule has 2 atom stereocenters. The Labute approximate surface area is 163 Å². The zero-order valence-electron chi connectivity index (χ0n) is 15.3. The summed E-state index contributed by atoms with van der Waals surface area (Å²) in [5.74, 6) is 0.154. The molecule has 0 saturated carbocycles. The van der Waals surface area contributed by atoms with Crippen molar-refractivity contribution in [3.63, 3.8) is 0 Å². The lowest BCUT2D eigenvalue weighted by Gasteiger charge is -2.31. The number of ether oxygens (including phenoxy) is 1. The van der Waals surface area contributed by atoms with Crippen molar-refractivity contribution in [3.05, 3.63) is 41.4 Å². The number of benzene rings is 1. The summed E-state index contributed by atoms with van der Waals surface area (Å²) in [6.45, 7) is 1.23. The number of carbonyl (C=O) groups excluding carboxylic acids is 2. The van der Waals surface area contributed by atoms with Crippen molar-refractivity contribution < 1.29 is 14.3 Å². The molecular formula is C21H24N2O3S. The zero-order chi connectivity index (χ0) is 18.6. The number of hydrogen-bond acceptors (Lipinski definition) is 5. The number of amides is 1. The first-order valence-corrected chi connectivity index (χ1v) is 10.5. The summed E-state index contributed by atoms with van der Waals surface area (Å²) in [4.78, 5) is 31.0. The van der Waals surface area contributed by atoms with E-state index >= 15 is 0 Å². The molecule has 1 aliphatic carbocycles. The molecule has 5 nitrogen and oxygen atoms in total. The van der Waals surface area contributed by atoms with Gasteiger partial charge in [-0.1, -0.05) is 24.3 Å². The van der Waals surface area contributed by atoms with Crippen LogP contribution >= 0.6 is 11.3 Å². The smallest absolute Gasteiger partial charge is 0.306 e. The maximum atomic E-state index is 12.5. The lowest BCUT2D eigenvalue weighted by molar-refractivity contribution is -0.153. The summed E-state index contributed by atoms with van der Waals surface area (Å²) < 4.78 is 6.42. The number of likely N-dealkylation sites (tertiary alicyclic amines) is 1. The molecule has 1 aromatic carbocycles. The van der Waals surface area contributed by atoms with Gasteiger partial charge in [-0.25, -0.2) is 4.98 Å². The standard InChI is InChI=1S/C21H24N2O3S/c24-19(14-26-20(25)12-15-6-1-2-7-15)23-11-5-8-16(13-23)21-22-17-9-3-4-10-18(17)27-21/h1,3-4,6,9-10,15-16H,2,5,7-8,11-14H2/t15-,16+/m1/s1. The van der Waals surface area contributed by atoms with E-state index in [1.807, 2.05) is 23.1 Å². The minimum absolute atomic E-state index is 0.101. The average Bonchev–Trinajstić information content (AvgIpc) is 3.35. The number of thiazole rings is 1. The van der Waals surface area contributed by atoms with Gasteiger partial charge in [-0.2, -0.15) is 0 Å². The molecule has 1 aliphatic heterocycles. The minimum Gasteiger partial charge on any atom is -0.456 e. The van der Waals surface area contributed by atoms with E-state index < -0.39 is 0 Å². The normalized spacial score (nSPS) is 22.3. The summed E-state index contributed by atoms with van der Waals surface area (Å²) in [7, 11) is 0. The molecule has 0 radical (unpaired) electrons. The Hall–Kier alpha value is -2.21. The Balaban J connectivity index is 1.31. The number of allylic oxidation sites excluding steroid dienone is 2. The summed E-state index contributed by atoms with van der Waals surface area (Å²) in [6, 6.07) is 8.14. The molecular weight excluding hydrogens is 360 g/mol. The molecule has 27 heavy (non-hydrogen) atoms. The number of piperidine rings is 1. The molecule has 142 valence electrons. The first-order valence-electron chi connectivity index (χ1n) is 9.64. The molecule has 0 spiro atoms. The summed E-state index contributed by atoms with van der Waals surface area (Å²) >= 11 is 1.71. The molecule has 0 unspecified atom stereocenters. The van der Waals surface area contributed by atoms with E-state index in [4.69, 9.17) is 9.72 Å². The second kappa shape index (κ2) is 8.21. The monoisotopic (exact) mass is 384 g/mol. The van der Waals surface area contributed by atoms with Crippen molar-refractivity contribution >= 4 is 33.4 Å². The summed E-state index contributed by atoms with van der Waals surface area (Å²) in [5, 5.41) is 1.10. The van der Waals surface area contributed by atoms with Crippen LogP contribution in [-0.2, 0) is 14.3 Å². The Morgan fingerprint density at radius 3 is 2.96 bits per heavy atom. The van der Waals surface area contributed by atoms with Gasteiger partial charge in [0.2, 0.25) is 0 Å². The first kappa shape index (κ1) is 18.2. The number of para-hydroxylation sites is 1. The van der Waals surface area contributed by atoms with Crippen LogP contribution in [0.25, 0.3) is 10.2 Å². The van der Waals surface area contributed by atoms with Crippen LogP contribution in [-0.4, -0.2) is 41.5 Å². The molecule has 0 bridgehead atoms. The molecule has 6 heteroatoms. The van der Waals surface area contributed by atoms with Crippen molar-refractivity contribution in [1.82, 2.24) is 9.88 Å². The van der Waals surface area contributed by atoms with Crippen LogP contribution in [0, 0.1) is 5.92 Å². The van der Waals surface area contributed by atoms with E-state index in [0.717, 1.165) is 42.8 Å². The van der Waals surface area contributed by atoms with Crippen molar-refractivity contribution in [2.45, 2.75) is 38.0 Å². The number of esters is 1. The highest BCUT2D eigenvalue weighted by Crippen LogP contribution is 2.33. The Kier molecular flexibility index (Phi) is 5.53. The van der Waals surface area contributed by atoms with E-state index in [1.165, 1.54) is 4.70 Å². The highest BCUT2D eigenvalue weighted by Gasteiger charge is 2.27. The topological polar surface area (TPSA) is 59.5 Å². The van der Waals surface area contributed by atoms with Gasteiger partial charge in [0.25, 0.3) is 5.91 Å². The van der Waals surface area contributed by atoms with E-state index in [9.17, 15) is 9.59 Å². The molecule has 1 aromatic heterocycles. The van der Waals surface area contributed by atoms with Crippen LogP contribution in [0.15, 0.2) is 36.4 Å². The van der Waals surface area contributed by atoms with Gasteiger partial charge in [0.05, 0.1) is 21.6 Å². The zero-order valence-corrected chi connectivity index (χ0v) is 16.1. The van der Waals surface area contributed by atoms with Gasteiger partial charge >= 0.3 is 5.97 Å². The maximum Gasteiger partial charge on any atom is 0.306 e. The number of fused-ring (bicyclic) bond motifs is 1.